The largest absolute Gasteiger partial charge is 0.443 e. The molecule has 0 spiro atoms. The van der Waals surface area contributed by atoms with Crippen LogP contribution in [0.15, 0.2) is 35.3 Å². The number of anilines is 1. The second-order valence-electron chi connectivity index (χ2n) is 7.87. The smallest absolute Gasteiger partial charge is 0.358 e. The minimum Gasteiger partial charge on any atom is -0.358 e. The Morgan fingerprint density at radius 1 is 1.26 bits per heavy atom. The molecule has 0 radical (unpaired) electrons. The van der Waals surface area contributed by atoms with Crippen LogP contribution in [0.5, 0.6) is 0 Å². The van der Waals surface area contributed by atoms with E-state index in [1.807, 2.05) is 30.0 Å². The van der Waals surface area contributed by atoms with E-state index in [0.717, 1.165) is 0 Å². The number of H-pyrrole nitrogens is 1. The number of nitrogens with one attached hydrogen (secondary N) is 1. The van der Waals surface area contributed by atoms with Crippen LogP contribution in [0.3, 0.4) is 0 Å². The predicted octanol–water partition coefficient (Wildman–Crippen LogP) is 3.80. The summed E-state index contributed by atoms with van der Waals surface area (Å²) in [7, 11) is 0. The van der Waals surface area contributed by atoms with Crippen molar-refractivity contribution in [1.29, 1.82) is 0 Å². The van der Waals surface area contributed by atoms with Crippen molar-refractivity contribution >= 4 is 49.2 Å². The fourth-order valence-corrected chi connectivity index (χ4v) is 5.22. The zero-order chi connectivity index (χ0) is 24.0. The summed E-state index contributed by atoms with van der Waals surface area (Å²) >= 11 is 3.74. The van der Waals surface area contributed by atoms with E-state index in [2.05, 4.69) is 41.0 Å². The molecule has 0 unspecified atom stereocenters. The molecule has 4 aromatic rings. The highest BCUT2D eigenvalue weighted by atomic mass is 79.9. The number of aromatic amines is 1. The molecule has 34 heavy (non-hydrogen) atoms. The lowest BCUT2D eigenvalue weighted by atomic mass is 10.2. The van der Waals surface area contributed by atoms with Gasteiger partial charge in [-0.05, 0) is 35.0 Å². The Labute approximate surface area is 203 Å². The average Bonchev–Trinajstić information content (AvgIpc) is 3.50. The first kappa shape index (κ1) is 22.8. The predicted molar refractivity (Wildman–Crippen MR) is 123 cm³/mol. The average molecular weight is 555 g/mol. The molecule has 14 heteroatoms. The van der Waals surface area contributed by atoms with Crippen LogP contribution >= 0.6 is 27.3 Å². The maximum absolute atomic E-state index is 13.6. The third kappa shape index (κ3) is 4.39. The van der Waals surface area contributed by atoms with Crippen molar-refractivity contribution in [1.82, 2.24) is 34.6 Å². The number of aromatic nitrogens is 6. The summed E-state index contributed by atoms with van der Waals surface area (Å²) in [4.78, 5) is 31.7. The lowest BCUT2D eigenvalue weighted by Gasteiger charge is -2.40. The van der Waals surface area contributed by atoms with Gasteiger partial charge in [0, 0.05) is 25.7 Å². The lowest BCUT2D eigenvalue weighted by molar-refractivity contribution is -0.137. The SMILES string of the molecule is C[C@@H]1CN(c2sc(C(F)(F)F)nc2-c2nc3ccccc3[nH]2)CCN1C(=O)Cn1cnc(Br)n1. The Morgan fingerprint density at radius 3 is 2.74 bits per heavy atom. The van der Waals surface area contributed by atoms with Gasteiger partial charge in [0.15, 0.2) is 5.82 Å². The van der Waals surface area contributed by atoms with Crippen LogP contribution in [0.1, 0.15) is 11.9 Å². The Hall–Kier alpha value is -3.00. The molecule has 4 heterocycles. The Morgan fingerprint density at radius 2 is 2.06 bits per heavy atom. The van der Waals surface area contributed by atoms with Gasteiger partial charge in [0.2, 0.25) is 15.6 Å². The van der Waals surface area contributed by atoms with Crippen molar-refractivity contribution in [3.63, 3.8) is 0 Å². The number of nitrogens with zero attached hydrogens (tertiary/aromatic N) is 7. The quantitative estimate of drug-likeness (QED) is 0.412. The Bertz CT molecular complexity index is 1320. The van der Waals surface area contributed by atoms with Crippen LogP contribution in [0, 0.1) is 0 Å². The normalized spacial score (nSPS) is 17.0. The maximum atomic E-state index is 13.6. The Kier molecular flexibility index (Phi) is 5.80. The van der Waals surface area contributed by atoms with E-state index in [9.17, 15) is 18.0 Å². The van der Waals surface area contributed by atoms with Crippen LogP contribution in [-0.2, 0) is 17.5 Å². The van der Waals surface area contributed by atoms with Gasteiger partial charge in [-0.15, -0.1) is 5.10 Å². The number of piperazine rings is 1. The third-order valence-electron chi connectivity index (χ3n) is 5.51. The van der Waals surface area contributed by atoms with Crippen molar-refractivity contribution in [2.75, 3.05) is 24.5 Å². The van der Waals surface area contributed by atoms with Crippen molar-refractivity contribution in [2.45, 2.75) is 25.7 Å². The van der Waals surface area contributed by atoms with Crippen molar-refractivity contribution in [2.24, 2.45) is 0 Å². The number of benzene rings is 1. The molecule has 1 aliphatic rings. The summed E-state index contributed by atoms with van der Waals surface area (Å²) in [5, 5.41) is 3.51. The molecule has 1 N–H and O–H groups in total. The highest BCUT2D eigenvalue weighted by molar-refractivity contribution is 9.10. The fourth-order valence-electron chi connectivity index (χ4n) is 3.96. The van der Waals surface area contributed by atoms with Gasteiger partial charge in [-0.2, -0.15) is 13.2 Å². The number of hydrogen-bond donors (Lipinski definition) is 1. The summed E-state index contributed by atoms with van der Waals surface area (Å²) in [6, 6.07) is 7.00. The number of amides is 1. The van der Waals surface area contributed by atoms with Crippen LogP contribution in [0.2, 0.25) is 0 Å². The topological polar surface area (TPSA) is 95.8 Å². The van der Waals surface area contributed by atoms with Crippen molar-refractivity contribution in [3.05, 3.63) is 40.3 Å². The van der Waals surface area contributed by atoms with Gasteiger partial charge in [-0.25, -0.2) is 19.6 Å². The molecule has 3 aromatic heterocycles. The molecule has 5 rings (SSSR count). The summed E-state index contributed by atoms with van der Waals surface area (Å²) in [5.41, 5.74) is 1.52. The first-order valence-corrected chi connectivity index (χ1v) is 11.9. The van der Waals surface area contributed by atoms with Crippen LogP contribution in [0.25, 0.3) is 22.6 Å². The van der Waals surface area contributed by atoms with Gasteiger partial charge in [-0.3, -0.25) is 4.79 Å². The molecule has 1 aliphatic heterocycles. The molecule has 0 aliphatic carbocycles. The number of hydrogen-bond acceptors (Lipinski definition) is 7. The lowest BCUT2D eigenvalue weighted by Crippen LogP contribution is -2.54. The molecule has 1 aromatic carbocycles. The molecule has 178 valence electrons. The number of fused-ring (bicyclic) bond motifs is 1. The molecule has 9 nitrogen and oxygen atoms in total. The zero-order valence-electron chi connectivity index (χ0n) is 17.8. The number of alkyl halides is 3. The highest BCUT2D eigenvalue weighted by Crippen LogP contribution is 2.42. The molecule has 1 fully saturated rings. The number of rotatable bonds is 4. The van der Waals surface area contributed by atoms with Gasteiger partial charge >= 0.3 is 6.18 Å². The van der Waals surface area contributed by atoms with Crippen LogP contribution in [-0.4, -0.2) is 66.2 Å². The number of imidazole rings is 1. The van der Waals surface area contributed by atoms with Gasteiger partial charge in [0.1, 0.15) is 23.6 Å². The first-order valence-electron chi connectivity index (χ1n) is 10.3. The second kappa shape index (κ2) is 8.65. The monoisotopic (exact) mass is 554 g/mol. The molecular weight excluding hydrogens is 537 g/mol. The van der Waals surface area contributed by atoms with Gasteiger partial charge in [-0.1, -0.05) is 23.5 Å². The summed E-state index contributed by atoms with van der Waals surface area (Å²) in [6.45, 7) is 2.98. The highest BCUT2D eigenvalue weighted by Gasteiger charge is 2.39. The van der Waals surface area contributed by atoms with Gasteiger partial charge in [0.05, 0.1) is 11.0 Å². The minimum atomic E-state index is -4.57. The van der Waals surface area contributed by atoms with Crippen molar-refractivity contribution in [3.8, 4) is 11.5 Å². The van der Waals surface area contributed by atoms with Gasteiger partial charge in [0.25, 0.3) is 0 Å². The van der Waals surface area contributed by atoms with E-state index in [4.69, 9.17) is 0 Å². The summed E-state index contributed by atoms with van der Waals surface area (Å²) in [6.07, 6.45) is -3.11. The standard InChI is InChI=1S/C20H18BrF3N8OS/c1-11-8-30(6-7-32(11)14(33)9-31-10-25-19(21)29-31)17-15(28-18(34-17)20(22,23)24)16-26-12-4-2-3-5-13(12)27-16/h2-5,10-11H,6-9H2,1H3,(H,26,27)/t11-/m1/s1. The summed E-state index contributed by atoms with van der Waals surface area (Å²) < 4.78 is 42.5. The van der Waals surface area contributed by atoms with E-state index in [-0.39, 0.29) is 30.0 Å². The van der Waals surface area contributed by atoms with Crippen LogP contribution < -0.4 is 4.90 Å². The zero-order valence-corrected chi connectivity index (χ0v) is 20.2. The van der Waals surface area contributed by atoms with E-state index in [1.165, 1.54) is 11.0 Å². The minimum absolute atomic E-state index is 0.0337. The second-order valence-corrected chi connectivity index (χ2v) is 9.55. The van der Waals surface area contributed by atoms with E-state index in [1.54, 1.807) is 11.0 Å². The number of thiazole rings is 1. The van der Waals surface area contributed by atoms with E-state index < -0.39 is 11.2 Å². The number of para-hydroxylation sites is 2. The summed E-state index contributed by atoms with van der Waals surface area (Å²) in [5.74, 6) is 0.146. The van der Waals surface area contributed by atoms with Gasteiger partial charge < -0.3 is 14.8 Å². The molecular formula is C20H18BrF3N8OS. The fraction of sp³-hybridized carbons (Fsp3) is 0.350. The molecule has 1 saturated heterocycles. The van der Waals surface area contributed by atoms with E-state index >= 15 is 0 Å². The molecule has 1 atom stereocenters. The molecule has 0 saturated carbocycles. The Balaban J connectivity index is 1.41. The van der Waals surface area contributed by atoms with Crippen LogP contribution in [0.4, 0.5) is 18.2 Å². The first-order chi connectivity index (χ1) is 16.2. The maximum Gasteiger partial charge on any atom is 0.443 e. The number of halogens is 4. The third-order valence-corrected chi connectivity index (χ3v) is 7.03. The number of carbonyl (C=O) groups excluding carboxylic acids is 1. The molecule has 0 bridgehead atoms. The van der Waals surface area contributed by atoms with E-state index in [0.29, 0.717) is 51.7 Å². The molecule has 1 amide bonds. The number of carbonyl (C=O) groups is 1. The van der Waals surface area contributed by atoms with Crippen molar-refractivity contribution < 1.29 is 18.0 Å².